The fraction of sp³-hybridized carbons (Fsp3) is 0.900. The molecule has 0 fully saturated rings. The van der Waals surface area contributed by atoms with Crippen LogP contribution in [0.3, 0.4) is 0 Å². The maximum Gasteiger partial charge on any atom is 0.236 e. The van der Waals surface area contributed by atoms with Gasteiger partial charge in [0.25, 0.3) is 0 Å². The van der Waals surface area contributed by atoms with Crippen molar-refractivity contribution in [2.75, 3.05) is 6.54 Å². The summed E-state index contributed by atoms with van der Waals surface area (Å²) in [6, 6.07) is -0.348. The second-order valence-corrected chi connectivity index (χ2v) is 3.98. The molecule has 0 radical (unpaired) electrons. The molecule has 2 atom stereocenters. The average Bonchev–Trinajstić information content (AvgIpc) is 2.11. The summed E-state index contributed by atoms with van der Waals surface area (Å²) in [7, 11) is 0. The predicted molar refractivity (Wildman–Crippen MR) is 55.3 cm³/mol. The molecule has 0 bridgehead atoms. The lowest BCUT2D eigenvalue weighted by Gasteiger charge is -2.17. The summed E-state index contributed by atoms with van der Waals surface area (Å²) < 4.78 is 0. The molecule has 78 valence electrons. The second-order valence-electron chi connectivity index (χ2n) is 3.98. The van der Waals surface area contributed by atoms with Crippen LogP contribution in [-0.2, 0) is 4.79 Å². The molecule has 13 heavy (non-hydrogen) atoms. The van der Waals surface area contributed by atoms with Gasteiger partial charge >= 0.3 is 0 Å². The minimum absolute atomic E-state index is 0.0324. The van der Waals surface area contributed by atoms with Gasteiger partial charge in [0.1, 0.15) is 0 Å². The van der Waals surface area contributed by atoms with Crippen molar-refractivity contribution in [2.24, 2.45) is 17.6 Å². The number of carbonyl (C=O) groups excluding carboxylic acids is 1. The summed E-state index contributed by atoms with van der Waals surface area (Å²) in [6.45, 7) is 9.07. The van der Waals surface area contributed by atoms with Gasteiger partial charge < -0.3 is 11.1 Å². The number of hydrogen-bond donors (Lipinski definition) is 2. The normalized spacial score (nSPS) is 15.5. The van der Waals surface area contributed by atoms with E-state index in [1.807, 2.05) is 6.92 Å². The molecule has 0 aromatic carbocycles. The fourth-order valence-electron chi connectivity index (χ4n) is 0.814. The first-order valence-electron chi connectivity index (χ1n) is 5.02. The molecule has 0 heterocycles. The van der Waals surface area contributed by atoms with E-state index in [-0.39, 0.29) is 11.9 Å². The van der Waals surface area contributed by atoms with Crippen LogP contribution in [0, 0.1) is 11.8 Å². The standard InChI is InChI=1S/C10H22N2O/c1-5-9(11)10(13)12-6-8(4)7(2)3/h7-9H,5-6,11H2,1-4H3,(H,12,13)/t8?,9-/m1/s1. The molecule has 0 aromatic rings. The summed E-state index contributed by atoms with van der Waals surface area (Å²) in [4.78, 5) is 11.3. The Morgan fingerprint density at radius 1 is 1.38 bits per heavy atom. The SMILES string of the molecule is CC[C@@H](N)C(=O)NCC(C)C(C)C. The quantitative estimate of drug-likeness (QED) is 0.676. The Balaban J connectivity index is 3.70. The predicted octanol–water partition coefficient (Wildman–Crippen LogP) is 1.13. The maximum absolute atomic E-state index is 11.3. The van der Waals surface area contributed by atoms with Crippen molar-refractivity contribution in [3.63, 3.8) is 0 Å². The molecule has 0 saturated heterocycles. The van der Waals surface area contributed by atoms with E-state index in [0.29, 0.717) is 18.3 Å². The molecule has 3 heteroatoms. The highest BCUT2D eigenvalue weighted by Gasteiger charge is 2.12. The van der Waals surface area contributed by atoms with Gasteiger partial charge in [0.05, 0.1) is 6.04 Å². The third-order valence-electron chi connectivity index (χ3n) is 2.51. The Kier molecular flexibility index (Phi) is 5.71. The van der Waals surface area contributed by atoms with Gasteiger partial charge in [-0.15, -0.1) is 0 Å². The van der Waals surface area contributed by atoms with E-state index in [4.69, 9.17) is 5.73 Å². The maximum atomic E-state index is 11.3. The minimum Gasteiger partial charge on any atom is -0.354 e. The summed E-state index contributed by atoms with van der Waals surface area (Å²) >= 11 is 0. The molecular formula is C10H22N2O. The zero-order chi connectivity index (χ0) is 10.4. The Morgan fingerprint density at radius 2 is 1.92 bits per heavy atom. The van der Waals surface area contributed by atoms with Crippen molar-refractivity contribution >= 4 is 5.91 Å². The van der Waals surface area contributed by atoms with Gasteiger partial charge in [-0.05, 0) is 18.3 Å². The van der Waals surface area contributed by atoms with Gasteiger partial charge in [-0.25, -0.2) is 0 Å². The highest BCUT2D eigenvalue weighted by atomic mass is 16.2. The molecule has 0 aliphatic carbocycles. The van der Waals surface area contributed by atoms with Crippen LogP contribution in [-0.4, -0.2) is 18.5 Å². The van der Waals surface area contributed by atoms with Crippen LogP contribution < -0.4 is 11.1 Å². The monoisotopic (exact) mass is 186 g/mol. The number of nitrogens with two attached hydrogens (primary N) is 1. The Bertz CT molecular complexity index is 157. The first-order valence-corrected chi connectivity index (χ1v) is 5.02. The molecule has 0 aromatic heterocycles. The van der Waals surface area contributed by atoms with Gasteiger partial charge in [0.15, 0.2) is 0 Å². The van der Waals surface area contributed by atoms with Gasteiger partial charge in [0.2, 0.25) is 5.91 Å². The lowest BCUT2D eigenvalue weighted by molar-refractivity contribution is -0.122. The molecule has 0 aliphatic rings. The van der Waals surface area contributed by atoms with Crippen LogP contribution in [0.1, 0.15) is 34.1 Å². The van der Waals surface area contributed by atoms with Gasteiger partial charge in [-0.2, -0.15) is 0 Å². The zero-order valence-corrected chi connectivity index (χ0v) is 9.13. The Hall–Kier alpha value is -0.570. The molecule has 0 aliphatic heterocycles. The van der Waals surface area contributed by atoms with Gasteiger partial charge in [0, 0.05) is 6.54 Å². The number of carbonyl (C=O) groups is 1. The largest absolute Gasteiger partial charge is 0.354 e. The summed E-state index contributed by atoms with van der Waals surface area (Å²) in [5, 5.41) is 2.85. The van der Waals surface area contributed by atoms with Crippen molar-refractivity contribution in [1.82, 2.24) is 5.32 Å². The van der Waals surface area contributed by atoms with Gasteiger partial charge in [-0.3, -0.25) is 4.79 Å². The molecule has 0 saturated carbocycles. The molecule has 1 amide bonds. The highest BCUT2D eigenvalue weighted by molar-refractivity contribution is 5.81. The van der Waals surface area contributed by atoms with Crippen LogP contribution in [0.2, 0.25) is 0 Å². The van der Waals surface area contributed by atoms with Crippen LogP contribution in [0.5, 0.6) is 0 Å². The second kappa shape index (κ2) is 5.97. The summed E-state index contributed by atoms with van der Waals surface area (Å²) in [5.74, 6) is 1.07. The van der Waals surface area contributed by atoms with Crippen molar-refractivity contribution in [3.8, 4) is 0 Å². The lowest BCUT2D eigenvalue weighted by Crippen LogP contribution is -2.42. The molecule has 0 rings (SSSR count). The lowest BCUT2D eigenvalue weighted by atomic mass is 9.98. The first kappa shape index (κ1) is 12.4. The van der Waals surface area contributed by atoms with E-state index < -0.39 is 0 Å². The molecular weight excluding hydrogens is 164 g/mol. The third-order valence-corrected chi connectivity index (χ3v) is 2.51. The number of rotatable bonds is 5. The average molecular weight is 186 g/mol. The van der Waals surface area contributed by atoms with Crippen LogP contribution in [0.4, 0.5) is 0 Å². The van der Waals surface area contributed by atoms with E-state index >= 15 is 0 Å². The summed E-state index contributed by atoms with van der Waals surface area (Å²) in [6.07, 6.45) is 0.696. The molecule has 3 nitrogen and oxygen atoms in total. The van der Waals surface area contributed by atoms with E-state index in [2.05, 4.69) is 26.1 Å². The topological polar surface area (TPSA) is 55.1 Å². The van der Waals surface area contributed by atoms with Crippen molar-refractivity contribution in [1.29, 1.82) is 0 Å². The number of hydrogen-bond acceptors (Lipinski definition) is 2. The van der Waals surface area contributed by atoms with E-state index in [0.717, 1.165) is 6.54 Å². The Labute approximate surface area is 81.1 Å². The first-order chi connectivity index (χ1) is 5.99. The smallest absolute Gasteiger partial charge is 0.236 e. The van der Waals surface area contributed by atoms with Crippen LogP contribution >= 0.6 is 0 Å². The zero-order valence-electron chi connectivity index (χ0n) is 9.13. The number of amides is 1. The van der Waals surface area contributed by atoms with Crippen molar-refractivity contribution < 1.29 is 4.79 Å². The fourth-order valence-corrected chi connectivity index (χ4v) is 0.814. The van der Waals surface area contributed by atoms with Crippen molar-refractivity contribution in [2.45, 2.75) is 40.2 Å². The summed E-state index contributed by atoms with van der Waals surface area (Å²) in [5.41, 5.74) is 5.57. The molecule has 1 unspecified atom stereocenters. The van der Waals surface area contributed by atoms with Crippen molar-refractivity contribution in [3.05, 3.63) is 0 Å². The van der Waals surface area contributed by atoms with E-state index in [1.165, 1.54) is 0 Å². The highest BCUT2D eigenvalue weighted by Crippen LogP contribution is 2.07. The molecule has 0 spiro atoms. The van der Waals surface area contributed by atoms with Crippen LogP contribution in [0.15, 0.2) is 0 Å². The van der Waals surface area contributed by atoms with Crippen LogP contribution in [0.25, 0.3) is 0 Å². The number of nitrogens with one attached hydrogen (secondary N) is 1. The minimum atomic E-state index is -0.348. The van der Waals surface area contributed by atoms with E-state index in [1.54, 1.807) is 0 Å². The third kappa shape index (κ3) is 4.88. The Morgan fingerprint density at radius 3 is 2.31 bits per heavy atom. The van der Waals surface area contributed by atoms with Gasteiger partial charge in [-0.1, -0.05) is 27.7 Å². The van der Waals surface area contributed by atoms with E-state index in [9.17, 15) is 4.79 Å². The molecule has 3 N–H and O–H groups in total.